The Labute approximate surface area is 249 Å². The molecule has 0 aromatic rings. The summed E-state index contributed by atoms with van der Waals surface area (Å²) in [5.74, 6) is -2.30. The lowest BCUT2D eigenvalue weighted by Crippen LogP contribution is -2.55. The Bertz CT molecular complexity index is 920. The Morgan fingerprint density at radius 1 is 1.00 bits per heavy atom. The van der Waals surface area contributed by atoms with Crippen LogP contribution < -0.4 is 10.6 Å². The van der Waals surface area contributed by atoms with E-state index in [4.69, 9.17) is 4.52 Å². The maximum Gasteiger partial charge on any atom is 0.331 e. The van der Waals surface area contributed by atoms with Gasteiger partial charge in [0.05, 0.1) is 43.7 Å². The topological polar surface area (TPSA) is 206 Å². The Kier molecular flexibility index (Phi) is 17.7. The van der Waals surface area contributed by atoms with Crippen molar-refractivity contribution in [3.63, 3.8) is 0 Å². The molecule has 1 saturated heterocycles. The number of allylic oxidation sites excluding steroid dienone is 2. The highest BCUT2D eigenvalue weighted by Gasteiger charge is 2.47. The molecule has 0 aromatic carbocycles. The highest BCUT2D eigenvalue weighted by Crippen LogP contribution is 2.43. The molecule has 2 unspecified atom stereocenters. The molecule has 6 atom stereocenters. The predicted octanol–water partition coefficient (Wildman–Crippen LogP) is 1.53. The zero-order chi connectivity index (χ0) is 31.8. The van der Waals surface area contributed by atoms with E-state index in [2.05, 4.69) is 29.7 Å². The molecule has 0 bridgehead atoms. The molecule has 1 fully saturated rings. The van der Waals surface area contributed by atoms with E-state index in [9.17, 15) is 44.3 Å². The Morgan fingerprint density at radius 2 is 1.60 bits per heavy atom. The van der Waals surface area contributed by atoms with Gasteiger partial charge >= 0.3 is 13.6 Å². The van der Waals surface area contributed by atoms with Crippen LogP contribution in [0.2, 0.25) is 0 Å². The van der Waals surface area contributed by atoms with Crippen molar-refractivity contribution >= 4 is 25.4 Å². The molecule has 1 heterocycles. The summed E-state index contributed by atoms with van der Waals surface area (Å²) in [6.07, 6.45) is 10.4. The number of carbonyl (C=O) groups is 3. The molecule has 0 aromatic heterocycles. The lowest BCUT2D eigenvalue weighted by Gasteiger charge is -2.31. The number of aliphatic hydroxyl groups excluding tert-OH is 3. The Hall–Kier alpha value is -1.86. The van der Waals surface area contributed by atoms with Crippen LogP contribution in [0.1, 0.15) is 85.0 Å². The standard InChI is InChI=1S/C28H52N3O10P/c1-4-5-6-7-8-9-10-11-12-13-14-15-24(34)30-28(3,27(37)38)20-41-42(39,40)17-16-31-22(18-29-21(2)33)25(35)26(36)23(31)19-32/h7-8,22-23,25-26,32,35-36H,4-6,9-20H2,1-3H3,(H,29,33)(H,30,34)(H,37,38)(H,39,40)/b8-7-/t22-,23-,25-,26-,28?/m1/s1. The molecule has 244 valence electrons. The SMILES string of the molecule is CCCC/C=C\CCCCCCCC(=O)NC(C)(COP(=O)(O)CCN1[C@H](CO)[C@@H](O)[C@H](O)[C@H]1CNC(C)=O)C(=O)O. The first-order valence-electron chi connectivity index (χ1n) is 14.9. The fraction of sp³-hybridized carbons (Fsp3) is 0.821. The molecule has 1 aliphatic heterocycles. The zero-order valence-corrected chi connectivity index (χ0v) is 26.1. The van der Waals surface area contributed by atoms with Gasteiger partial charge in [0.1, 0.15) is 0 Å². The average Bonchev–Trinajstić information content (AvgIpc) is 3.16. The summed E-state index contributed by atoms with van der Waals surface area (Å²) in [4.78, 5) is 47.5. The number of carboxylic acid groups (broad SMARTS) is 1. The quantitative estimate of drug-likeness (QED) is 0.0524. The number of unbranched alkanes of at least 4 members (excludes halogenated alkanes) is 7. The van der Waals surface area contributed by atoms with Gasteiger partial charge in [-0.2, -0.15) is 0 Å². The molecule has 0 saturated carbocycles. The third kappa shape index (κ3) is 13.6. The number of carboxylic acids is 1. The number of rotatable bonds is 22. The summed E-state index contributed by atoms with van der Waals surface area (Å²) in [5, 5.41) is 45.0. The van der Waals surface area contributed by atoms with Gasteiger partial charge in [-0.25, -0.2) is 4.79 Å². The molecule has 1 aliphatic rings. The highest BCUT2D eigenvalue weighted by atomic mass is 31.2. The van der Waals surface area contributed by atoms with Crippen LogP contribution in [0.5, 0.6) is 0 Å². The van der Waals surface area contributed by atoms with Crippen LogP contribution in [0, 0.1) is 0 Å². The number of hydrogen-bond donors (Lipinski definition) is 7. The molecule has 0 aliphatic carbocycles. The van der Waals surface area contributed by atoms with Crippen LogP contribution in [0.15, 0.2) is 12.2 Å². The molecular formula is C28H52N3O10P. The van der Waals surface area contributed by atoms with Gasteiger partial charge < -0.3 is 40.5 Å². The van der Waals surface area contributed by atoms with E-state index in [1.54, 1.807) is 0 Å². The molecular weight excluding hydrogens is 569 g/mol. The highest BCUT2D eigenvalue weighted by molar-refractivity contribution is 7.52. The Morgan fingerprint density at radius 3 is 2.19 bits per heavy atom. The van der Waals surface area contributed by atoms with Crippen molar-refractivity contribution in [2.75, 3.05) is 32.5 Å². The van der Waals surface area contributed by atoms with Crippen molar-refractivity contribution in [3.05, 3.63) is 12.2 Å². The third-order valence-electron chi connectivity index (χ3n) is 7.49. The zero-order valence-electron chi connectivity index (χ0n) is 25.2. The first kappa shape index (κ1) is 38.2. The second-order valence-corrected chi connectivity index (χ2v) is 13.2. The number of aliphatic carboxylic acids is 1. The van der Waals surface area contributed by atoms with Gasteiger partial charge in [-0.05, 0) is 32.6 Å². The van der Waals surface area contributed by atoms with E-state index in [0.717, 1.165) is 38.5 Å². The van der Waals surface area contributed by atoms with Gasteiger partial charge in [0.15, 0.2) is 5.54 Å². The van der Waals surface area contributed by atoms with E-state index in [0.29, 0.717) is 6.42 Å². The van der Waals surface area contributed by atoms with E-state index in [-0.39, 0.29) is 25.4 Å². The van der Waals surface area contributed by atoms with Crippen LogP contribution in [0.3, 0.4) is 0 Å². The number of nitrogens with one attached hydrogen (secondary N) is 2. The van der Waals surface area contributed by atoms with Gasteiger partial charge in [0, 0.05) is 26.4 Å². The predicted molar refractivity (Wildman–Crippen MR) is 158 cm³/mol. The largest absolute Gasteiger partial charge is 0.479 e. The molecule has 0 radical (unpaired) electrons. The number of nitrogens with zero attached hydrogens (tertiary/aromatic N) is 1. The van der Waals surface area contributed by atoms with Crippen molar-refractivity contribution in [2.24, 2.45) is 0 Å². The minimum Gasteiger partial charge on any atom is -0.479 e. The molecule has 7 N–H and O–H groups in total. The number of likely N-dealkylation sites (tertiary alicyclic amines) is 1. The molecule has 14 heteroatoms. The maximum absolute atomic E-state index is 12.8. The molecule has 1 rings (SSSR count). The van der Waals surface area contributed by atoms with Gasteiger partial charge in [0.25, 0.3) is 0 Å². The summed E-state index contributed by atoms with van der Waals surface area (Å²) < 4.78 is 17.9. The van der Waals surface area contributed by atoms with Gasteiger partial charge in [-0.3, -0.25) is 19.1 Å². The fourth-order valence-electron chi connectivity index (χ4n) is 4.82. The van der Waals surface area contributed by atoms with Crippen LogP contribution >= 0.6 is 7.60 Å². The van der Waals surface area contributed by atoms with E-state index >= 15 is 0 Å². The molecule has 42 heavy (non-hydrogen) atoms. The molecule has 13 nitrogen and oxygen atoms in total. The van der Waals surface area contributed by atoms with Crippen molar-refractivity contribution in [3.8, 4) is 0 Å². The van der Waals surface area contributed by atoms with E-state index in [1.165, 1.54) is 31.6 Å². The lowest BCUT2D eigenvalue weighted by molar-refractivity contribution is -0.148. The molecule has 2 amide bonds. The van der Waals surface area contributed by atoms with Crippen LogP contribution in [-0.4, -0.2) is 110 Å². The summed E-state index contributed by atoms with van der Waals surface area (Å²) in [7, 11) is -4.41. The monoisotopic (exact) mass is 621 g/mol. The number of hydrogen-bond acceptors (Lipinski definition) is 9. The first-order chi connectivity index (χ1) is 19.8. The summed E-state index contributed by atoms with van der Waals surface area (Å²) in [6.45, 7) is 3.04. The minimum atomic E-state index is -4.41. The van der Waals surface area contributed by atoms with Gasteiger partial charge in [0.2, 0.25) is 11.8 Å². The van der Waals surface area contributed by atoms with Gasteiger partial charge in [-0.15, -0.1) is 0 Å². The summed E-state index contributed by atoms with van der Waals surface area (Å²) in [5.41, 5.74) is -1.94. The maximum atomic E-state index is 12.8. The normalized spacial score (nSPS) is 23.9. The van der Waals surface area contributed by atoms with E-state index in [1.807, 2.05) is 0 Å². The first-order valence-corrected chi connectivity index (χ1v) is 16.7. The number of amides is 2. The van der Waals surface area contributed by atoms with Crippen LogP contribution in [0.4, 0.5) is 0 Å². The lowest BCUT2D eigenvalue weighted by atomic mass is 10.0. The van der Waals surface area contributed by atoms with Crippen molar-refractivity contribution in [1.82, 2.24) is 15.5 Å². The fourth-order valence-corrected chi connectivity index (χ4v) is 5.89. The van der Waals surface area contributed by atoms with Crippen molar-refractivity contribution in [1.29, 1.82) is 0 Å². The second-order valence-electron chi connectivity index (χ2n) is 11.2. The third-order valence-corrected chi connectivity index (χ3v) is 8.78. The number of aliphatic hydroxyl groups is 3. The summed E-state index contributed by atoms with van der Waals surface area (Å²) in [6, 6.07) is -1.79. The number of carbonyl (C=O) groups excluding carboxylic acids is 2. The molecule has 0 spiro atoms. The van der Waals surface area contributed by atoms with Crippen LogP contribution in [-0.2, 0) is 23.5 Å². The van der Waals surface area contributed by atoms with E-state index < -0.39 is 68.7 Å². The van der Waals surface area contributed by atoms with Crippen LogP contribution in [0.25, 0.3) is 0 Å². The van der Waals surface area contributed by atoms with Crippen molar-refractivity contribution < 1.29 is 48.8 Å². The van der Waals surface area contributed by atoms with Gasteiger partial charge in [-0.1, -0.05) is 51.2 Å². The minimum absolute atomic E-state index is 0.0692. The average molecular weight is 622 g/mol. The van der Waals surface area contributed by atoms with Crippen molar-refractivity contribution in [2.45, 2.75) is 115 Å². The summed E-state index contributed by atoms with van der Waals surface area (Å²) >= 11 is 0. The smallest absolute Gasteiger partial charge is 0.331 e. The second kappa shape index (κ2) is 19.4. The Balaban J connectivity index is 2.54.